The van der Waals surface area contributed by atoms with Crippen molar-refractivity contribution in [2.24, 2.45) is 11.8 Å². The highest BCUT2D eigenvalue weighted by atomic mass is 19.4. The molecular formula is C17H24F3N. The van der Waals surface area contributed by atoms with Crippen LogP contribution in [0.25, 0.3) is 0 Å². The van der Waals surface area contributed by atoms with Crippen molar-refractivity contribution in [3.63, 3.8) is 0 Å². The van der Waals surface area contributed by atoms with Gasteiger partial charge in [-0.3, -0.25) is 0 Å². The molecule has 0 amide bonds. The average molecular weight is 299 g/mol. The number of benzene rings is 1. The van der Waals surface area contributed by atoms with Gasteiger partial charge >= 0.3 is 6.18 Å². The van der Waals surface area contributed by atoms with Crippen molar-refractivity contribution in [2.45, 2.75) is 45.2 Å². The molecule has 118 valence electrons. The standard InChI is InChI=1S/C17H24F3N/c1-12(2)10-21-11-14-6-4-8-16(14)13-5-3-7-15(9-13)17(18,19)20/h3,5,7,9,12,14,16,21H,4,6,8,10-11H2,1-2H3. The first-order valence-corrected chi connectivity index (χ1v) is 7.76. The molecule has 1 aromatic rings. The van der Waals surface area contributed by atoms with Gasteiger partial charge in [0, 0.05) is 0 Å². The fourth-order valence-electron chi connectivity index (χ4n) is 3.22. The summed E-state index contributed by atoms with van der Waals surface area (Å²) < 4.78 is 38.5. The van der Waals surface area contributed by atoms with E-state index in [0.717, 1.165) is 44.0 Å². The number of nitrogens with one attached hydrogen (secondary N) is 1. The predicted molar refractivity (Wildman–Crippen MR) is 79.2 cm³/mol. The van der Waals surface area contributed by atoms with Crippen LogP contribution in [-0.4, -0.2) is 13.1 Å². The Balaban J connectivity index is 2.06. The normalized spacial score (nSPS) is 23.0. The van der Waals surface area contributed by atoms with Crippen molar-refractivity contribution in [1.29, 1.82) is 0 Å². The molecule has 1 saturated carbocycles. The zero-order chi connectivity index (χ0) is 15.5. The minimum absolute atomic E-state index is 0.256. The number of halogens is 3. The van der Waals surface area contributed by atoms with Crippen LogP contribution in [0, 0.1) is 11.8 Å². The van der Waals surface area contributed by atoms with Crippen LogP contribution in [0.2, 0.25) is 0 Å². The zero-order valence-corrected chi connectivity index (χ0v) is 12.7. The van der Waals surface area contributed by atoms with Crippen LogP contribution < -0.4 is 5.32 Å². The molecule has 0 aliphatic heterocycles. The lowest BCUT2D eigenvalue weighted by Crippen LogP contribution is -2.27. The number of rotatable bonds is 5. The Kier molecular flexibility index (Phi) is 5.31. The van der Waals surface area contributed by atoms with Crippen molar-refractivity contribution < 1.29 is 13.2 Å². The molecule has 1 fully saturated rings. The van der Waals surface area contributed by atoms with Crippen molar-refractivity contribution >= 4 is 0 Å². The Morgan fingerprint density at radius 3 is 2.67 bits per heavy atom. The molecule has 21 heavy (non-hydrogen) atoms. The topological polar surface area (TPSA) is 12.0 Å². The SMILES string of the molecule is CC(C)CNCC1CCCC1c1cccc(C(F)(F)F)c1. The minimum Gasteiger partial charge on any atom is -0.316 e. The molecule has 1 nitrogen and oxygen atoms in total. The van der Waals surface area contributed by atoms with Crippen molar-refractivity contribution in [2.75, 3.05) is 13.1 Å². The quantitative estimate of drug-likeness (QED) is 0.820. The summed E-state index contributed by atoms with van der Waals surface area (Å²) in [5.41, 5.74) is 0.319. The Hall–Kier alpha value is -1.03. The smallest absolute Gasteiger partial charge is 0.316 e. The summed E-state index contributed by atoms with van der Waals surface area (Å²) in [5, 5.41) is 3.45. The molecule has 1 aliphatic carbocycles. The lowest BCUT2D eigenvalue weighted by atomic mass is 9.88. The summed E-state index contributed by atoms with van der Waals surface area (Å²) in [5.74, 6) is 1.30. The van der Waals surface area contributed by atoms with Crippen LogP contribution in [-0.2, 0) is 6.18 Å². The van der Waals surface area contributed by atoms with Gasteiger partial charge in [-0.15, -0.1) is 0 Å². The number of hydrogen-bond donors (Lipinski definition) is 1. The van der Waals surface area contributed by atoms with Crippen LogP contribution in [0.5, 0.6) is 0 Å². The molecule has 4 heteroatoms. The summed E-state index contributed by atoms with van der Waals surface area (Å²) in [6, 6.07) is 5.88. The third-order valence-electron chi connectivity index (χ3n) is 4.26. The second-order valence-electron chi connectivity index (χ2n) is 6.47. The second-order valence-corrected chi connectivity index (χ2v) is 6.47. The molecule has 2 rings (SSSR count). The first-order valence-electron chi connectivity index (χ1n) is 7.76. The molecule has 0 radical (unpaired) electrons. The molecule has 0 bridgehead atoms. The van der Waals surface area contributed by atoms with Crippen molar-refractivity contribution in [3.8, 4) is 0 Å². The maximum absolute atomic E-state index is 12.8. The van der Waals surface area contributed by atoms with E-state index in [9.17, 15) is 13.2 Å². The van der Waals surface area contributed by atoms with E-state index in [2.05, 4.69) is 19.2 Å². The van der Waals surface area contributed by atoms with E-state index in [1.54, 1.807) is 0 Å². The van der Waals surface area contributed by atoms with E-state index in [0.29, 0.717) is 11.8 Å². The Morgan fingerprint density at radius 2 is 2.00 bits per heavy atom. The largest absolute Gasteiger partial charge is 0.416 e. The second kappa shape index (κ2) is 6.82. The Morgan fingerprint density at radius 1 is 1.24 bits per heavy atom. The third kappa shape index (κ3) is 4.47. The lowest BCUT2D eigenvalue weighted by Gasteiger charge is -2.22. The molecule has 2 atom stereocenters. The van der Waals surface area contributed by atoms with E-state index in [-0.39, 0.29) is 5.92 Å². The van der Waals surface area contributed by atoms with E-state index in [1.807, 2.05) is 6.07 Å². The van der Waals surface area contributed by atoms with E-state index < -0.39 is 11.7 Å². The van der Waals surface area contributed by atoms with Gasteiger partial charge in [0.15, 0.2) is 0 Å². The maximum atomic E-state index is 12.8. The average Bonchev–Trinajstić information content (AvgIpc) is 2.86. The van der Waals surface area contributed by atoms with E-state index in [1.165, 1.54) is 12.1 Å². The summed E-state index contributed by atoms with van der Waals surface area (Å²) in [6.07, 6.45) is -1.05. The van der Waals surface area contributed by atoms with Gasteiger partial charge in [-0.1, -0.05) is 38.5 Å². The van der Waals surface area contributed by atoms with E-state index in [4.69, 9.17) is 0 Å². The van der Waals surface area contributed by atoms with Crippen molar-refractivity contribution in [3.05, 3.63) is 35.4 Å². The highest BCUT2D eigenvalue weighted by Crippen LogP contribution is 2.41. The molecule has 1 aromatic carbocycles. The first-order chi connectivity index (χ1) is 9.88. The Labute approximate surface area is 124 Å². The van der Waals surface area contributed by atoms with Crippen LogP contribution >= 0.6 is 0 Å². The van der Waals surface area contributed by atoms with Gasteiger partial charge in [-0.2, -0.15) is 13.2 Å². The van der Waals surface area contributed by atoms with Crippen molar-refractivity contribution in [1.82, 2.24) is 5.32 Å². The van der Waals surface area contributed by atoms with Crippen LogP contribution in [0.4, 0.5) is 13.2 Å². The molecule has 0 spiro atoms. The molecule has 2 unspecified atom stereocenters. The van der Waals surface area contributed by atoms with Gasteiger partial charge in [0.25, 0.3) is 0 Å². The molecule has 0 saturated heterocycles. The predicted octanol–water partition coefficient (Wildman–Crippen LogP) is 4.83. The van der Waals surface area contributed by atoms with E-state index >= 15 is 0 Å². The monoisotopic (exact) mass is 299 g/mol. The zero-order valence-electron chi connectivity index (χ0n) is 12.7. The minimum atomic E-state index is -4.25. The van der Waals surface area contributed by atoms with Gasteiger partial charge in [-0.05, 0) is 55.3 Å². The van der Waals surface area contributed by atoms with Gasteiger partial charge in [-0.25, -0.2) is 0 Å². The van der Waals surface area contributed by atoms with Gasteiger partial charge < -0.3 is 5.32 Å². The van der Waals surface area contributed by atoms with Gasteiger partial charge in [0.1, 0.15) is 0 Å². The number of hydrogen-bond acceptors (Lipinski definition) is 1. The Bertz CT molecular complexity index is 454. The summed E-state index contributed by atoms with van der Waals surface area (Å²) >= 11 is 0. The fourth-order valence-corrected chi connectivity index (χ4v) is 3.22. The summed E-state index contributed by atoms with van der Waals surface area (Å²) in [7, 11) is 0. The van der Waals surface area contributed by atoms with Gasteiger partial charge in [0.05, 0.1) is 5.56 Å². The highest BCUT2D eigenvalue weighted by molar-refractivity contribution is 5.29. The molecule has 0 aromatic heterocycles. The summed E-state index contributed by atoms with van der Waals surface area (Å²) in [6.45, 7) is 6.18. The fraction of sp³-hybridized carbons (Fsp3) is 0.647. The van der Waals surface area contributed by atoms with Crippen LogP contribution in [0.15, 0.2) is 24.3 Å². The molecule has 1 aliphatic rings. The lowest BCUT2D eigenvalue weighted by molar-refractivity contribution is -0.137. The number of alkyl halides is 3. The maximum Gasteiger partial charge on any atom is 0.416 e. The molecule has 0 heterocycles. The molecular weight excluding hydrogens is 275 g/mol. The van der Waals surface area contributed by atoms with Crippen LogP contribution in [0.1, 0.15) is 50.2 Å². The van der Waals surface area contributed by atoms with Gasteiger partial charge in [0.2, 0.25) is 0 Å². The highest BCUT2D eigenvalue weighted by Gasteiger charge is 2.33. The van der Waals surface area contributed by atoms with Crippen LogP contribution in [0.3, 0.4) is 0 Å². The summed E-state index contributed by atoms with van der Waals surface area (Å²) in [4.78, 5) is 0. The first kappa shape index (κ1) is 16.3. The molecule has 1 N–H and O–H groups in total. The third-order valence-corrected chi connectivity index (χ3v) is 4.26.